The minimum Gasteiger partial charge on any atom is -0.381 e. The van der Waals surface area contributed by atoms with Gasteiger partial charge in [0.15, 0.2) is 0 Å². The molecule has 15 heavy (non-hydrogen) atoms. The van der Waals surface area contributed by atoms with E-state index >= 15 is 0 Å². The highest BCUT2D eigenvalue weighted by molar-refractivity contribution is 6.29. The lowest BCUT2D eigenvalue weighted by molar-refractivity contribution is 0.149. The molecule has 1 heterocycles. The maximum absolute atomic E-state index is 5.85. The molecule has 5 heteroatoms. The zero-order valence-electron chi connectivity index (χ0n) is 8.99. The Morgan fingerprint density at radius 3 is 2.87 bits per heavy atom. The normalized spacial score (nSPS) is 10.6. The van der Waals surface area contributed by atoms with Gasteiger partial charge in [0.05, 0.1) is 18.9 Å². The molecular formula is C10H15ClN2O2. The third-order valence-electron chi connectivity index (χ3n) is 1.76. The predicted octanol–water partition coefficient (Wildman–Crippen LogP) is 1.86. The van der Waals surface area contributed by atoms with E-state index in [-0.39, 0.29) is 0 Å². The Morgan fingerprint density at radius 2 is 2.20 bits per heavy atom. The molecule has 0 aromatic carbocycles. The number of nitrogens with zero attached hydrogens (tertiary/aromatic N) is 2. The molecule has 0 radical (unpaired) electrons. The lowest BCUT2D eigenvalue weighted by Gasteiger charge is -2.04. The average Bonchev–Trinajstić information content (AvgIpc) is 2.18. The molecule has 84 valence electrons. The van der Waals surface area contributed by atoms with Crippen LogP contribution in [0.2, 0.25) is 5.15 Å². The minimum absolute atomic E-state index is 0.448. The van der Waals surface area contributed by atoms with E-state index in [2.05, 4.69) is 9.97 Å². The molecule has 0 unspecified atom stereocenters. The number of aromatic nitrogens is 2. The van der Waals surface area contributed by atoms with Crippen LogP contribution in [0.25, 0.3) is 0 Å². The second-order valence-corrected chi connectivity index (χ2v) is 3.37. The fourth-order valence-electron chi connectivity index (χ4n) is 1.16. The average molecular weight is 231 g/mol. The van der Waals surface area contributed by atoms with Gasteiger partial charge in [-0.05, 0) is 13.0 Å². The van der Waals surface area contributed by atoms with Gasteiger partial charge in [-0.15, -0.1) is 0 Å². The molecule has 0 fully saturated rings. The Morgan fingerprint density at radius 1 is 1.40 bits per heavy atom. The maximum atomic E-state index is 5.85. The summed E-state index contributed by atoms with van der Waals surface area (Å²) in [6, 6.07) is 1.70. The van der Waals surface area contributed by atoms with Crippen LogP contribution in [0.4, 0.5) is 0 Å². The first-order chi connectivity index (χ1) is 7.26. The molecule has 0 bridgehead atoms. The maximum Gasteiger partial charge on any atom is 0.133 e. The molecule has 0 aliphatic rings. The molecule has 0 N–H and O–H groups in total. The number of hydrogen-bond acceptors (Lipinski definition) is 4. The van der Waals surface area contributed by atoms with Crippen molar-refractivity contribution < 1.29 is 9.47 Å². The number of rotatable bonds is 6. The molecule has 0 saturated heterocycles. The Hall–Kier alpha value is -0.710. The summed E-state index contributed by atoms with van der Waals surface area (Å²) < 4.78 is 10.2. The number of methoxy groups -OCH3 is 1. The summed E-state index contributed by atoms with van der Waals surface area (Å²) in [5.74, 6) is 0.697. The van der Waals surface area contributed by atoms with Crippen LogP contribution in [0.15, 0.2) is 6.07 Å². The largest absolute Gasteiger partial charge is 0.381 e. The highest BCUT2D eigenvalue weighted by Gasteiger charge is 2.03. The Kier molecular flexibility index (Phi) is 5.53. The monoisotopic (exact) mass is 230 g/mol. The van der Waals surface area contributed by atoms with Crippen LogP contribution in [0.1, 0.15) is 18.4 Å². The summed E-state index contributed by atoms with van der Waals surface area (Å²) in [5, 5.41) is 0.448. The van der Waals surface area contributed by atoms with E-state index in [1.807, 2.05) is 6.92 Å². The van der Waals surface area contributed by atoms with Crippen LogP contribution in [0, 0.1) is 0 Å². The molecule has 0 saturated carbocycles. The number of halogens is 1. The van der Waals surface area contributed by atoms with E-state index in [1.165, 1.54) is 0 Å². The lowest BCUT2D eigenvalue weighted by Crippen LogP contribution is -2.05. The van der Waals surface area contributed by atoms with Gasteiger partial charge in [0.2, 0.25) is 0 Å². The molecule has 0 spiro atoms. The van der Waals surface area contributed by atoms with Crippen molar-refractivity contribution >= 4 is 11.6 Å². The zero-order chi connectivity index (χ0) is 11.1. The van der Waals surface area contributed by atoms with E-state index in [4.69, 9.17) is 21.1 Å². The Balaban J connectivity index is 2.62. The minimum atomic E-state index is 0.448. The first-order valence-corrected chi connectivity index (χ1v) is 5.23. The smallest absolute Gasteiger partial charge is 0.133 e. The van der Waals surface area contributed by atoms with Crippen LogP contribution in [0.3, 0.4) is 0 Å². The molecular weight excluding hydrogens is 216 g/mol. The van der Waals surface area contributed by atoms with Gasteiger partial charge in [-0.1, -0.05) is 11.6 Å². The second-order valence-electron chi connectivity index (χ2n) is 2.98. The van der Waals surface area contributed by atoms with Crippen molar-refractivity contribution in [1.29, 1.82) is 0 Å². The van der Waals surface area contributed by atoms with Crippen molar-refractivity contribution in [2.45, 2.75) is 20.0 Å². The van der Waals surface area contributed by atoms with Gasteiger partial charge in [-0.25, -0.2) is 9.97 Å². The molecule has 0 aliphatic heterocycles. The van der Waals surface area contributed by atoms with Crippen molar-refractivity contribution in [3.8, 4) is 0 Å². The SMILES string of the molecule is CCOCCc1nc(Cl)cc(COC)n1. The zero-order valence-corrected chi connectivity index (χ0v) is 9.75. The highest BCUT2D eigenvalue weighted by Crippen LogP contribution is 2.08. The van der Waals surface area contributed by atoms with Gasteiger partial charge in [-0.2, -0.15) is 0 Å². The first-order valence-electron chi connectivity index (χ1n) is 4.85. The van der Waals surface area contributed by atoms with Gasteiger partial charge in [0, 0.05) is 20.1 Å². The Bertz CT molecular complexity index is 307. The third-order valence-corrected chi connectivity index (χ3v) is 1.95. The molecule has 1 aromatic heterocycles. The molecule has 0 amide bonds. The standard InChI is InChI=1S/C10H15ClN2O2/c1-3-15-5-4-10-12-8(7-14-2)6-9(11)13-10/h6H,3-5,7H2,1-2H3. The van der Waals surface area contributed by atoms with Crippen molar-refractivity contribution in [3.05, 3.63) is 22.7 Å². The van der Waals surface area contributed by atoms with Crippen molar-refractivity contribution in [2.24, 2.45) is 0 Å². The van der Waals surface area contributed by atoms with Gasteiger partial charge in [-0.3, -0.25) is 0 Å². The van der Waals surface area contributed by atoms with Crippen LogP contribution in [0.5, 0.6) is 0 Å². The molecule has 0 aliphatic carbocycles. The second kappa shape index (κ2) is 6.71. The summed E-state index contributed by atoms with van der Waals surface area (Å²) in [7, 11) is 1.62. The fraction of sp³-hybridized carbons (Fsp3) is 0.600. The van der Waals surface area contributed by atoms with E-state index in [0.29, 0.717) is 37.2 Å². The van der Waals surface area contributed by atoms with Crippen LogP contribution < -0.4 is 0 Å². The summed E-state index contributed by atoms with van der Waals surface area (Å²) in [4.78, 5) is 8.40. The lowest BCUT2D eigenvalue weighted by atomic mass is 10.3. The molecule has 1 aromatic rings. The van der Waals surface area contributed by atoms with Crippen LogP contribution in [-0.2, 0) is 22.5 Å². The van der Waals surface area contributed by atoms with Gasteiger partial charge < -0.3 is 9.47 Å². The van der Waals surface area contributed by atoms with Crippen LogP contribution >= 0.6 is 11.6 Å². The highest BCUT2D eigenvalue weighted by atomic mass is 35.5. The first kappa shape index (κ1) is 12.4. The number of ether oxygens (including phenoxy) is 2. The van der Waals surface area contributed by atoms with Gasteiger partial charge in [0.25, 0.3) is 0 Å². The van der Waals surface area contributed by atoms with Gasteiger partial charge >= 0.3 is 0 Å². The fourth-order valence-corrected chi connectivity index (χ4v) is 1.38. The molecule has 1 rings (SSSR count). The topological polar surface area (TPSA) is 44.2 Å². The molecule has 4 nitrogen and oxygen atoms in total. The Labute approximate surface area is 94.6 Å². The summed E-state index contributed by atoms with van der Waals surface area (Å²) >= 11 is 5.85. The van der Waals surface area contributed by atoms with E-state index in [0.717, 1.165) is 5.69 Å². The number of hydrogen-bond donors (Lipinski definition) is 0. The van der Waals surface area contributed by atoms with Crippen molar-refractivity contribution in [1.82, 2.24) is 9.97 Å². The quantitative estimate of drug-likeness (QED) is 0.553. The predicted molar refractivity (Wildman–Crippen MR) is 58.0 cm³/mol. The summed E-state index contributed by atoms with van der Waals surface area (Å²) in [6.07, 6.45) is 0.672. The van der Waals surface area contributed by atoms with Crippen molar-refractivity contribution in [3.63, 3.8) is 0 Å². The van der Waals surface area contributed by atoms with E-state index in [9.17, 15) is 0 Å². The van der Waals surface area contributed by atoms with E-state index < -0.39 is 0 Å². The van der Waals surface area contributed by atoms with Crippen molar-refractivity contribution in [2.75, 3.05) is 20.3 Å². The summed E-state index contributed by atoms with van der Waals surface area (Å²) in [5.41, 5.74) is 0.795. The van der Waals surface area contributed by atoms with E-state index in [1.54, 1.807) is 13.2 Å². The summed E-state index contributed by atoms with van der Waals surface area (Å²) in [6.45, 7) is 3.72. The molecule has 0 atom stereocenters. The van der Waals surface area contributed by atoms with Gasteiger partial charge in [0.1, 0.15) is 11.0 Å². The third kappa shape index (κ3) is 4.55. The van der Waals surface area contributed by atoms with Crippen LogP contribution in [-0.4, -0.2) is 30.3 Å².